The molecule has 4 rings (SSSR count). The van der Waals surface area contributed by atoms with Crippen molar-refractivity contribution in [2.24, 2.45) is 0 Å². The molecule has 0 aliphatic carbocycles. The fraction of sp³-hybridized carbons (Fsp3) is 0.231. The third-order valence-electron chi connectivity index (χ3n) is 5.40. The number of aromatic amines is 1. The quantitative estimate of drug-likeness (QED) is 0.390. The summed E-state index contributed by atoms with van der Waals surface area (Å²) in [5.41, 5.74) is 1.32. The molecule has 36 heavy (non-hydrogen) atoms. The number of aromatic nitrogens is 4. The lowest BCUT2D eigenvalue weighted by atomic mass is 9.87. The second-order valence-corrected chi connectivity index (χ2v) is 10.8. The Hall–Kier alpha value is -4.05. The number of nitrogens with zero attached hydrogens (tertiary/aromatic N) is 3. The number of sulfonamides is 1. The third kappa shape index (κ3) is 5.44. The maximum atomic E-state index is 13.4. The Balaban J connectivity index is 1.79. The van der Waals surface area contributed by atoms with Gasteiger partial charge in [-0.3, -0.25) is 4.72 Å². The van der Waals surface area contributed by atoms with Crippen LogP contribution < -0.4 is 19.2 Å². The zero-order chi connectivity index (χ0) is 25.9. The largest absolute Gasteiger partial charge is 0.493 e. The van der Waals surface area contributed by atoms with Gasteiger partial charge in [0.25, 0.3) is 15.8 Å². The van der Waals surface area contributed by atoms with E-state index >= 15 is 0 Å². The fourth-order valence-electron chi connectivity index (χ4n) is 3.44. The van der Waals surface area contributed by atoms with Crippen molar-refractivity contribution in [2.75, 3.05) is 11.8 Å². The van der Waals surface area contributed by atoms with Crippen molar-refractivity contribution in [3.8, 4) is 28.9 Å². The molecule has 0 saturated carbocycles. The molecule has 0 spiro atoms. The summed E-state index contributed by atoms with van der Waals surface area (Å²) in [7, 11) is -2.48. The number of H-pyrrole nitrogens is 1. The number of anilines is 1. The standard InChI is InChI=1S/C26H27N5O4S/c1-17-22(35-21-10-7-6-9-20(21)34-5)23(30-25(29-17)24-27-15-8-16-28-24)31-36(32,33)19-13-11-18(12-14-19)26(2,3)4/h6-16H,1-5H3,(H,29,30,31)/p+1. The van der Waals surface area contributed by atoms with Crippen LogP contribution in [0.15, 0.2) is 71.9 Å². The molecule has 2 N–H and O–H groups in total. The van der Waals surface area contributed by atoms with Gasteiger partial charge < -0.3 is 9.47 Å². The molecular weight excluding hydrogens is 478 g/mol. The van der Waals surface area contributed by atoms with Gasteiger partial charge in [0.05, 0.1) is 23.9 Å². The Kier molecular flexibility index (Phi) is 6.89. The van der Waals surface area contributed by atoms with Crippen LogP contribution in [-0.4, -0.2) is 30.5 Å². The molecule has 0 saturated heterocycles. The van der Waals surface area contributed by atoms with E-state index in [0.29, 0.717) is 23.0 Å². The minimum Gasteiger partial charge on any atom is -0.493 e. The highest BCUT2D eigenvalue weighted by molar-refractivity contribution is 7.92. The van der Waals surface area contributed by atoms with Crippen molar-refractivity contribution in [1.82, 2.24) is 15.0 Å². The summed E-state index contributed by atoms with van der Waals surface area (Å²) in [5.74, 6) is 1.57. The Morgan fingerprint density at radius 3 is 2.25 bits per heavy atom. The van der Waals surface area contributed by atoms with E-state index < -0.39 is 10.0 Å². The predicted molar refractivity (Wildman–Crippen MR) is 136 cm³/mol. The molecule has 2 aromatic heterocycles. The minimum atomic E-state index is -4.00. The number of hydrogen-bond acceptors (Lipinski definition) is 7. The first kappa shape index (κ1) is 25.1. The van der Waals surface area contributed by atoms with Crippen molar-refractivity contribution in [3.05, 3.63) is 78.2 Å². The number of aryl methyl sites for hydroxylation is 1. The first-order valence-electron chi connectivity index (χ1n) is 11.2. The predicted octanol–water partition coefficient (Wildman–Crippen LogP) is 4.56. The third-order valence-corrected chi connectivity index (χ3v) is 6.75. The van der Waals surface area contributed by atoms with Crippen LogP contribution in [0.3, 0.4) is 0 Å². The van der Waals surface area contributed by atoms with Crippen LogP contribution in [0.4, 0.5) is 5.82 Å². The van der Waals surface area contributed by atoms with Gasteiger partial charge in [-0.2, -0.15) is 4.98 Å². The maximum Gasteiger partial charge on any atom is 0.366 e. The number of rotatable bonds is 7. The normalized spacial score (nSPS) is 11.7. The van der Waals surface area contributed by atoms with Gasteiger partial charge in [0.2, 0.25) is 0 Å². The average Bonchev–Trinajstić information content (AvgIpc) is 2.86. The van der Waals surface area contributed by atoms with Crippen LogP contribution >= 0.6 is 0 Å². The topological polar surface area (TPSA) is 117 Å². The number of ether oxygens (including phenoxy) is 2. The molecule has 4 aromatic rings. The summed E-state index contributed by atoms with van der Waals surface area (Å²) < 4.78 is 40.8. The number of benzene rings is 2. The summed E-state index contributed by atoms with van der Waals surface area (Å²) >= 11 is 0. The van der Waals surface area contributed by atoms with E-state index in [1.807, 2.05) is 0 Å². The summed E-state index contributed by atoms with van der Waals surface area (Å²) in [4.78, 5) is 16.3. The van der Waals surface area contributed by atoms with Crippen molar-refractivity contribution in [3.63, 3.8) is 0 Å². The molecule has 0 amide bonds. The van der Waals surface area contributed by atoms with Crippen LogP contribution in [0.2, 0.25) is 0 Å². The molecule has 2 heterocycles. The Labute approximate surface area is 210 Å². The maximum absolute atomic E-state index is 13.4. The lowest BCUT2D eigenvalue weighted by molar-refractivity contribution is -0.369. The molecule has 0 fully saturated rings. The van der Waals surface area contributed by atoms with Crippen molar-refractivity contribution < 1.29 is 22.9 Å². The Morgan fingerprint density at radius 1 is 0.944 bits per heavy atom. The molecule has 2 aromatic carbocycles. The van der Waals surface area contributed by atoms with E-state index in [4.69, 9.17) is 9.47 Å². The molecule has 0 aliphatic heterocycles. The summed E-state index contributed by atoms with van der Waals surface area (Å²) in [6.07, 6.45) is 3.27. The van der Waals surface area contributed by atoms with Gasteiger partial charge in [-0.15, -0.1) is 0 Å². The second kappa shape index (κ2) is 9.90. The monoisotopic (exact) mass is 506 g/mol. The first-order valence-corrected chi connectivity index (χ1v) is 12.7. The molecular formula is C26H28N5O4S+. The molecule has 0 bridgehead atoms. The lowest BCUT2D eigenvalue weighted by Gasteiger charge is -2.19. The van der Waals surface area contributed by atoms with Gasteiger partial charge in [-0.25, -0.2) is 18.4 Å². The van der Waals surface area contributed by atoms with Gasteiger partial charge in [0.1, 0.15) is 6.20 Å². The van der Waals surface area contributed by atoms with Crippen molar-refractivity contribution >= 4 is 15.8 Å². The number of hydrogen-bond donors (Lipinski definition) is 1. The van der Waals surface area contributed by atoms with Crippen LogP contribution in [0, 0.1) is 6.92 Å². The molecule has 0 atom stereocenters. The van der Waals surface area contributed by atoms with E-state index in [1.54, 1.807) is 73.9 Å². The molecule has 9 nitrogen and oxygen atoms in total. The Bertz CT molecular complexity index is 1470. The smallest absolute Gasteiger partial charge is 0.366 e. The van der Waals surface area contributed by atoms with E-state index in [0.717, 1.165) is 5.56 Å². The van der Waals surface area contributed by atoms with E-state index in [1.165, 1.54) is 7.11 Å². The molecule has 0 radical (unpaired) electrons. The number of nitrogens with one attached hydrogen (secondary N) is 2. The summed E-state index contributed by atoms with van der Waals surface area (Å²) in [5, 5.41) is 0. The van der Waals surface area contributed by atoms with Gasteiger partial charge in [0, 0.05) is 6.07 Å². The molecule has 10 heteroatoms. The highest BCUT2D eigenvalue weighted by Crippen LogP contribution is 2.37. The second-order valence-electron chi connectivity index (χ2n) is 9.07. The Morgan fingerprint density at radius 2 is 1.64 bits per heavy atom. The first-order chi connectivity index (χ1) is 17.1. The van der Waals surface area contributed by atoms with Gasteiger partial charge in [-0.05, 0) is 47.2 Å². The van der Waals surface area contributed by atoms with E-state index in [9.17, 15) is 8.42 Å². The van der Waals surface area contributed by atoms with Crippen LogP contribution in [-0.2, 0) is 15.4 Å². The fourth-order valence-corrected chi connectivity index (χ4v) is 4.45. The minimum absolute atomic E-state index is 0.0256. The van der Waals surface area contributed by atoms with Gasteiger partial charge >= 0.3 is 5.82 Å². The molecule has 0 aliphatic rings. The summed E-state index contributed by atoms with van der Waals surface area (Å²) in [6.45, 7) is 7.90. The number of methoxy groups -OCH3 is 1. The number of para-hydroxylation sites is 2. The van der Waals surface area contributed by atoms with E-state index in [2.05, 4.69) is 45.4 Å². The molecule has 0 unspecified atom stereocenters. The van der Waals surface area contributed by atoms with Gasteiger partial charge in [0.15, 0.2) is 23.1 Å². The van der Waals surface area contributed by atoms with E-state index in [-0.39, 0.29) is 27.7 Å². The SMILES string of the molecule is COc1ccccc1Oc1c(C)nc(-c2nccc[nH+]2)nc1NS(=O)(=O)c1ccc(C(C)(C)C)cc1. The van der Waals surface area contributed by atoms with Crippen LogP contribution in [0.5, 0.6) is 17.2 Å². The average molecular weight is 507 g/mol. The summed E-state index contributed by atoms with van der Waals surface area (Å²) in [6, 6.07) is 15.5. The van der Waals surface area contributed by atoms with Crippen LogP contribution in [0.25, 0.3) is 11.6 Å². The zero-order valence-electron chi connectivity index (χ0n) is 20.7. The van der Waals surface area contributed by atoms with Crippen molar-refractivity contribution in [1.29, 1.82) is 0 Å². The highest BCUT2D eigenvalue weighted by Gasteiger charge is 2.25. The van der Waals surface area contributed by atoms with Crippen LogP contribution in [0.1, 0.15) is 32.0 Å². The highest BCUT2D eigenvalue weighted by atomic mass is 32.2. The zero-order valence-corrected chi connectivity index (χ0v) is 21.6. The lowest BCUT2D eigenvalue weighted by Crippen LogP contribution is -2.18. The van der Waals surface area contributed by atoms with Gasteiger partial charge in [-0.1, -0.05) is 45.0 Å². The van der Waals surface area contributed by atoms with Crippen molar-refractivity contribution in [2.45, 2.75) is 38.0 Å². The molecule has 186 valence electrons.